The van der Waals surface area contributed by atoms with Gasteiger partial charge in [-0.05, 0) is 31.4 Å². The Kier molecular flexibility index (Phi) is 5.36. The molecule has 1 aromatic carbocycles. The second kappa shape index (κ2) is 8.19. The van der Waals surface area contributed by atoms with E-state index in [0.29, 0.717) is 32.6 Å². The SMILES string of the molecule is O=C1CCCCN1[C@@H]1COCC[C@H]1N1Cc2c(F)cc(-c3nnc(C(F)F)o3)cc2C1=O. The van der Waals surface area contributed by atoms with E-state index in [1.165, 1.54) is 6.07 Å². The van der Waals surface area contributed by atoms with Crippen LogP contribution in [0.2, 0.25) is 0 Å². The Morgan fingerprint density at radius 2 is 1.94 bits per heavy atom. The summed E-state index contributed by atoms with van der Waals surface area (Å²) < 4.78 is 51.0. The third-order valence-electron chi connectivity index (χ3n) is 6.34. The third-order valence-corrected chi connectivity index (χ3v) is 6.34. The molecule has 0 bridgehead atoms. The van der Waals surface area contributed by atoms with Crippen LogP contribution in [0.1, 0.15) is 53.9 Å². The van der Waals surface area contributed by atoms with Crippen molar-refractivity contribution in [2.24, 2.45) is 0 Å². The Hall–Kier alpha value is -2.95. The fourth-order valence-electron chi connectivity index (χ4n) is 4.77. The Morgan fingerprint density at radius 1 is 1.09 bits per heavy atom. The molecule has 0 saturated carbocycles. The van der Waals surface area contributed by atoms with Crippen LogP contribution in [0.4, 0.5) is 13.2 Å². The van der Waals surface area contributed by atoms with Gasteiger partial charge in [-0.15, -0.1) is 10.2 Å². The summed E-state index contributed by atoms with van der Waals surface area (Å²) in [5, 5.41) is 6.80. The van der Waals surface area contributed by atoms with E-state index in [4.69, 9.17) is 9.15 Å². The Bertz CT molecular complexity index is 1060. The number of halogens is 3. The standard InChI is InChI=1S/C21H21F3N4O4/c22-14-8-11(19-25-26-20(32-19)18(23)24)7-12-13(14)9-28(21(12)30)15-4-6-31-10-16(15)27-5-2-1-3-17(27)29/h7-8,15-16,18H,1-6,9-10H2/t15-,16-/m1/s1. The van der Waals surface area contributed by atoms with Gasteiger partial charge in [0.05, 0.1) is 25.2 Å². The van der Waals surface area contributed by atoms with Crippen LogP contribution in [0.15, 0.2) is 16.5 Å². The van der Waals surface area contributed by atoms with E-state index in [1.807, 2.05) is 0 Å². The lowest BCUT2D eigenvalue weighted by atomic mass is 9.97. The minimum Gasteiger partial charge on any atom is -0.415 e. The summed E-state index contributed by atoms with van der Waals surface area (Å²) in [7, 11) is 0. The molecule has 3 aliphatic heterocycles. The van der Waals surface area contributed by atoms with Gasteiger partial charge in [0.1, 0.15) is 5.82 Å². The molecule has 0 aliphatic carbocycles. The lowest BCUT2D eigenvalue weighted by Gasteiger charge is -2.44. The average molecular weight is 450 g/mol. The van der Waals surface area contributed by atoms with Crippen LogP contribution in [-0.2, 0) is 16.1 Å². The number of carbonyl (C=O) groups is 2. The van der Waals surface area contributed by atoms with E-state index >= 15 is 0 Å². The van der Waals surface area contributed by atoms with Crippen LogP contribution in [0.25, 0.3) is 11.5 Å². The minimum absolute atomic E-state index is 0.0422. The predicted molar refractivity (Wildman–Crippen MR) is 103 cm³/mol. The average Bonchev–Trinajstić information content (AvgIpc) is 3.40. The molecule has 11 heteroatoms. The van der Waals surface area contributed by atoms with Crippen LogP contribution < -0.4 is 0 Å². The van der Waals surface area contributed by atoms with Crippen molar-refractivity contribution in [2.45, 2.75) is 50.7 Å². The molecule has 2 saturated heterocycles. The number of benzene rings is 1. The van der Waals surface area contributed by atoms with E-state index < -0.39 is 18.1 Å². The molecule has 2 aromatic rings. The quantitative estimate of drug-likeness (QED) is 0.712. The summed E-state index contributed by atoms with van der Waals surface area (Å²) in [6, 6.07) is 1.90. The Morgan fingerprint density at radius 3 is 2.69 bits per heavy atom. The number of likely N-dealkylation sites (tertiary alicyclic amines) is 1. The molecule has 4 heterocycles. The third kappa shape index (κ3) is 3.54. The normalized spacial score (nSPS) is 23.9. The molecule has 0 radical (unpaired) electrons. The van der Waals surface area contributed by atoms with Crippen molar-refractivity contribution in [3.05, 3.63) is 35.0 Å². The highest BCUT2D eigenvalue weighted by atomic mass is 19.3. The topological polar surface area (TPSA) is 88.8 Å². The summed E-state index contributed by atoms with van der Waals surface area (Å²) in [4.78, 5) is 29.1. The molecule has 2 amide bonds. The first-order valence-electron chi connectivity index (χ1n) is 10.6. The van der Waals surface area contributed by atoms with Gasteiger partial charge in [-0.25, -0.2) is 4.39 Å². The molecule has 1 aromatic heterocycles. The van der Waals surface area contributed by atoms with Crippen molar-refractivity contribution in [3.63, 3.8) is 0 Å². The number of aromatic nitrogens is 2. The van der Waals surface area contributed by atoms with Crippen LogP contribution in [0.3, 0.4) is 0 Å². The molecular formula is C21H21F3N4O4. The summed E-state index contributed by atoms with van der Waals surface area (Å²) in [5.41, 5.74) is 0.417. The number of rotatable bonds is 4. The van der Waals surface area contributed by atoms with Gasteiger partial charge in [0.2, 0.25) is 11.8 Å². The molecule has 5 rings (SSSR count). The van der Waals surface area contributed by atoms with Crippen molar-refractivity contribution >= 4 is 11.8 Å². The maximum Gasteiger partial charge on any atom is 0.314 e. The first-order chi connectivity index (χ1) is 15.4. The first kappa shape index (κ1) is 20.9. The first-order valence-corrected chi connectivity index (χ1v) is 10.6. The van der Waals surface area contributed by atoms with Crippen LogP contribution in [-0.4, -0.2) is 63.7 Å². The Labute approximate surface area is 181 Å². The number of fused-ring (bicyclic) bond motifs is 1. The summed E-state index contributed by atoms with van der Waals surface area (Å²) in [5.74, 6) is -2.14. The van der Waals surface area contributed by atoms with Crippen molar-refractivity contribution in [2.75, 3.05) is 19.8 Å². The minimum atomic E-state index is -2.95. The van der Waals surface area contributed by atoms with Crippen molar-refractivity contribution in [1.82, 2.24) is 20.0 Å². The summed E-state index contributed by atoms with van der Waals surface area (Å²) in [6.45, 7) is 1.44. The predicted octanol–water partition coefficient (Wildman–Crippen LogP) is 2.94. The molecule has 2 atom stereocenters. The van der Waals surface area contributed by atoms with E-state index in [-0.39, 0.29) is 53.0 Å². The van der Waals surface area contributed by atoms with Gasteiger partial charge in [-0.3, -0.25) is 9.59 Å². The highest BCUT2D eigenvalue weighted by molar-refractivity contribution is 5.99. The summed E-state index contributed by atoms with van der Waals surface area (Å²) in [6.07, 6.45) is -0.204. The second-order valence-corrected chi connectivity index (χ2v) is 8.21. The van der Waals surface area contributed by atoms with Crippen LogP contribution in [0, 0.1) is 5.82 Å². The van der Waals surface area contributed by atoms with Gasteiger partial charge in [-0.1, -0.05) is 0 Å². The molecule has 0 unspecified atom stereocenters. The second-order valence-electron chi connectivity index (χ2n) is 8.21. The molecular weight excluding hydrogens is 429 g/mol. The number of nitrogens with zero attached hydrogens (tertiary/aromatic N) is 4. The summed E-state index contributed by atoms with van der Waals surface area (Å²) >= 11 is 0. The number of alkyl halides is 2. The fourth-order valence-corrected chi connectivity index (χ4v) is 4.77. The molecule has 170 valence electrons. The van der Waals surface area contributed by atoms with Gasteiger partial charge in [0, 0.05) is 36.3 Å². The van der Waals surface area contributed by atoms with E-state index in [0.717, 1.165) is 18.9 Å². The highest BCUT2D eigenvalue weighted by Gasteiger charge is 2.43. The zero-order chi connectivity index (χ0) is 22.4. The maximum atomic E-state index is 14.9. The number of hydrogen-bond acceptors (Lipinski definition) is 6. The van der Waals surface area contributed by atoms with Gasteiger partial charge in [0.25, 0.3) is 11.8 Å². The van der Waals surface area contributed by atoms with Crippen LogP contribution in [0.5, 0.6) is 0 Å². The van der Waals surface area contributed by atoms with Crippen molar-refractivity contribution < 1.29 is 31.9 Å². The molecule has 3 aliphatic rings. The van der Waals surface area contributed by atoms with Crippen LogP contribution >= 0.6 is 0 Å². The van der Waals surface area contributed by atoms with E-state index in [9.17, 15) is 22.8 Å². The highest BCUT2D eigenvalue weighted by Crippen LogP contribution is 2.35. The van der Waals surface area contributed by atoms with E-state index in [2.05, 4.69) is 10.2 Å². The zero-order valence-electron chi connectivity index (χ0n) is 17.1. The van der Waals surface area contributed by atoms with Gasteiger partial charge in [0.15, 0.2) is 0 Å². The molecule has 32 heavy (non-hydrogen) atoms. The number of hydrogen-bond donors (Lipinski definition) is 0. The van der Waals surface area contributed by atoms with Crippen molar-refractivity contribution in [1.29, 1.82) is 0 Å². The van der Waals surface area contributed by atoms with Gasteiger partial charge < -0.3 is 19.0 Å². The van der Waals surface area contributed by atoms with Crippen molar-refractivity contribution in [3.8, 4) is 11.5 Å². The molecule has 8 nitrogen and oxygen atoms in total. The molecule has 2 fully saturated rings. The number of ether oxygens (including phenoxy) is 1. The zero-order valence-corrected chi connectivity index (χ0v) is 17.1. The maximum absolute atomic E-state index is 14.9. The Balaban J connectivity index is 1.44. The fraction of sp³-hybridized carbons (Fsp3) is 0.524. The number of amides is 2. The monoisotopic (exact) mass is 450 g/mol. The number of piperidine rings is 1. The van der Waals surface area contributed by atoms with Gasteiger partial charge in [-0.2, -0.15) is 8.78 Å². The number of carbonyl (C=O) groups excluding carboxylic acids is 2. The van der Waals surface area contributed by atoms with Gasteiger partial charge >= 0.3 is 6.43 Å². The lowest BCUT2D eigenvalue weighted by Crippen LogP contribution is -2.59. The largest absolute Gasteiger partial charge is 0.415 e. The smallest absolute Gasteiger partial charge is 0.314 e. The molecule has 0 spiro atoms. The molecule has 0 N–H and O–H groups in total. The van der Waals surface area contributed by atoms with E-state index in [1.54, 1.807) is 9.80 Å². The lowest BCUT2D eigenvalue weighted by molar-refractivity contribution is -0.141.